The minimum atomic E-state index is 0.482. The van der Waals surface area contributed by atoms with Crippen LogP contribution in [0.3, 0.4) is 0 Å². The summed E-state index contributed by atoms with van der Waals surface area (Å²) in [5, 5.41) is 0. The zero-order valence-corrected chi connectivity index (χ0v) is 15.7. The first kappa shape index (κ1) is 17.2. The van der Waals surface area contributed by atoms with Crippen LogP contribution in [-0.2, 0) is 6.54 Å². The molecule has 1 fully saturated rings. The number of hydrogen-bond donors (Lipinski definition) is 0. The second kappa shape index (κ2) is 7.94. The lowest BCUT2D eigenvalue weighted by Crippen LogP contribution is -2.46. The van der Waals surface area contributed by atoms with Gasteiger partial charge in [0, 0.05) is 32.4 Å². The molecule has 5 nitrogen and oxygen atoms in total. The van der Waals surface area contributed by atoms with Crippen molar-refractivity contribution in [1.82, 2.24) is 14.9 Å². The summed E-state index contributed by atoms with van der Waals surface area (Å²) in [4.78, 5) is 13.2. The van der Waals surface area contributed by atoms with E-state index < -0.39 is 0 Å². The number of methoxy groups -OCH3 is 1. The molecule has 1 aliphatic rings. The zero-order chi connectivity index (χ0) is 16.9. The highest BCUT2D eigenvalue weighted by atomic mass is 79.9. The molecule has 1 atom stereocenters. The van der Waals surface area contributed by atoms with E-state index in [2.05, 4.69) is 54.9 Å². The van der Waals surface area contributed by atoms with Crippen LogP contribution in [0.25, 0.3) is 0 Å². The normalized spacial score (nSPS) is 18.4. The molecular formula is C18H23BrN4O. The minimum absolute atomic E-state index is 0.482. The van der Waals surface area contributed by atoms with Crippen LogP contribution in [0.2, 0.25) is 0 Å². The monoisotopic (exact) mass is 390 g/mol. The van der Waals surface area contributed by atoms with Gasteiger partial charge >= 0.3 is 0 Å². The molecule has 1 saturated heterocycles. The largest absolute Gasteiger partial charge is 0.496 e. The molecule has 0 saturated carbocycles. The Bertz CT molecular complexity index is 667. The summed E-state index contributed by atoms with van der Waals surface area (Å²) in [7, 11) is 3.82. The number of likely N-dealkylation sites (N-methyl/N-ethyl adjacent to an activating group) is 1. The van der Waals surface area contributed by atoms with E-state index in [1.807, 2.05) is 12.1 Å². The van der Waals surface area contributed by atoms with Crippen LogP contribution in [0.1, 0.15) is 18.4 Å². The molecule has 3 rings (SSSR count). The third kappa shape index (κ3) is 4.05. The van der Waals surface area contributed by atoms with Crippen LogP contribution >= 0.6 is 15.9 Å². The molecular weight excluding hydrogens is 368 g/mol. The Morgan fingerprint density at radius 1 is 1.38 bits per heavy atom. The summed E-state index contributed by atoms with van der Waals surface area (Å²) < 4.78 is 6.32. The Labute approximate surface area is 151 Å². The first-order valence-corrected chi connectivity index (χ1v) is 9.00. The number of anilines is 1. The Morgan fingerprint density at radius 2 is 2.25 bits per heavy atom. The highest BCUT2D eigenvalue weighted by Gasteiger charge is 2.24. The van der Waals surface area contributed by atoms with Gasteiger partial charge in [0.05, 0.1) is 11.6 Å². The third-order valence-corrected chi connectivity index (χ3v) is 5.20. The molecule has 0 N–H and O–H groups in total. The van der Waals surface area contributed by atoms with E-state index in [4.69, 9.17) is 4.74 Å². The SMILES string of the molecule is COc1ccc(CN2CCCC(N(C)c3ccncn3)C2)cc1Br. The summed E-state index contributed by atoms with van der Waals surface area (Å²) in [5.74, 6) is 1.86. The van der Waals surface area contributed by atoms with Crippen molar-refractivity contribution in [1.29, 1.82) is 0 Å². The number of benzene rings is 1. The lowest BCUT2D eigenvalue weighted by molar-refractivity contribution is 0.198. The van der Waals surface area contributed by atoms with Crippen LogP contribution < -0.4 is 9.64 Å². The molecule has 0 radical (unpaired) electrons. The van der Waals surface area contributed by atoms with Gasteiger partial charge in [-0.05, 0) is 59.1 Å². The van der Waals surface area contributed by atoms with E-state index in [0.29, 0.717) is 6.04 Å². The quantitative estimate of drug-likeness (QED) is 0.782. The van der Waals surface area contributed by atoms with Gasteiger partial charge in [-0.25, -0.2) is 9.97 Å². The van der Waals surface area contributed by atoms with Crippen LogP contribution in [0, 0.1) is 0 Å². The standard InChI is InChI=1S/C18H23BrN4O/c1-22(18-7-8-20-13-21-18)15-4-3-9-23(12-15)11-14-5-6-17(24-2)16(19)10-14/h5-8,10,13,15H,3-4,9,11-12H2,1-2H3. The van der Waals surface area contributed by atoms with Crippen molar-refractivity contribution >= 4 is 21.7 Å². The lowest BCUT2D eigenvalue weighted by atomic mass is 10.0. The van der Waals surface area contributed by atoms with Gasteiger partial charge in [0.2, 0.25) is 0 Å². The molecule has 1 unspecified atom stereocenters. The van der Waals surface area contributed by atoms with Crippen molar-refractivity contribution in [3.8, 4) is 5.75 Å². The predicted molar refractivity (Wildman–Crippen MR) is 99.4 cm³/mol. The first-order valence-electron chi connectivity index (χ1n) is 8.21. The molecule has 0 amide bonds. The van der Waals surface area contributed by atoms with Gasteiger partial charge in [0.1, 0.15) is 17.9 Å². The lowest BCUT2D eigenvalue weighted by Gasteiger charge is -2.38. The van der Waals surface area contributed by atoms with Gasteiger partial charge in [-0.2, -0.15) is 0 Å². The third-order valence-electron chi connectivity index (χ3n) is 4.58. The van der Waals surface area contributed by atoms with E-state index in [1.54, 1.807) is 19.6 Å². The van der Waals surface area contributed by atoms with Gasteiger partial charge < -0.3 is 9.64 Å². The molecule has 0 bridgehead atoms. The fourth-order valence-corrected chi connectivity index (χ4v) is 3.82. The predicted octanol–water partition coefficient (Wildman–Crippen LogP) is 3.35. The van der Waals surface area contributed by atoms with E-state index in [9.17, 15) is 0 Å². The molecule has 24 heavy (non-hydrogen) atoms. The number of piperidine rings is 1. The molecule has 1 aromatic carbocycles. The maximum atomic E-state index is 5.31. The van der Waals surface area contributed by atoms with Gasteiger partial charge in [0.25, 0.3) is 0 Å². The smallest absolute Gasteiger partial charge is 0.133 e. The van der Waals surface area contributed by atoms with Crippen molar-refractivity contribution in [2.45, 2.75) is 25.4 Å². The Morgan fingerprint density at radius 3 is 2.96 bits per heavy atom. The minimum Gasteiger partial charge on any atom is -0.496 e. The highest BCUT2D eigenvalue weighted by Crippen LogP contribution is 2.27. The Hall–Kier alpha value is -1.66. The number of aromatic nitrogens is 2. The number of nitrogens with zero attached hydrogens (tertiary/aromatic N) is 4. The number of hydrogen-bond acceptors (Lipinski definition) is 5. The second-order valence-corrected chi connectivity index (χ2v) is 7.03. The number of rotatable bonds is 5. The maximum absolute atomic E-state index is 5.31. The number of halogens is 1. The molecule has 2 aromatic rings. The summed E-state index contributed by atoms with van der Waals surface area (Å²) >= 11 is 3.57. The van der Waals surface area contributed by atoms with Crippen LogP contribution in [0.5, 0.6) is 5.75 Å². The zero-order valence-electron chi connectivity index (χ0n) is 14.2. The second-order valence-electron chi connectivity index (χ2n) is 6.18. The summed E-state index contributed by atoms with van der Waals surface area (Å²) in [5.41, 5.74) is 1.30. The fraction of sp³-hybridized carbons (Fsp3) is 0.444. The van der Waals surface area contributed by atoms with E-state index in [-0.39, 0.29) is 0 Å². The van der Waals surface area contributed by atoms with Gasteiger partial charge in [0.15, 0.2) is 0 Å². The molecule has 2 heterocycles. The summed E-state index contributed by atoms with van der Waals surface area (Å²) in [6.07, 6.45) is 5.82. The molecule has 0 aliphatic carbocycles. The summed E-state index contributed by atoms with van der Waals surface area (Å²) in [6, 6.07) is 8.76. The topological polar surface area (TPSA) is 41.5 Å². The molecule has 6 heteroatoms. The van der Waals surface area contributed by atoms with Gasteiger partial charge in [-0.3, -0.25) is 4.90 Å². The van der Waals surface area contributed by atoms with Crippen LogP contribution in [-0.4, -0.2) is 48.2 Å². The Balaban J connectivity index is 1.64. The maximum Gasteiger partial charge on any atom is 0.133 e. The van der Waals surface area contributed by atoms with Crippen LogP contribution in [0.15, 0.2) is 41.3 Å². The van der Waals surface area contributed by atoms with Crippen LogP contribution in [0.4, 0.5) is 5.82 Å². The van der Waals surface area contributed by atoms with Gasteiger partial charge in [-0.15, -0.1) is 0 Å². The van der Waals surface area contributed by atoms with E-state index in [1.165, 1.54) is 18.4 Å². The van der Waals surface area contributed by atoms with E-state index in [0.717, 1.165) is 35.7 Å². The first-order chi connectivity index (χ1) is 11.7. The number of ether oxygens (including phenoxy) is 1. The van der Waals surface area contributed by atoms with Crippen molar-refractivity contribution in [2.24, 2.45) is 0 Å². The van der Waals surface area contributed by atoms with Crippen molar-refractivity contribution < 1.29 is 4.74 Å². The molecule has 0 spiro atoms. The Kier molecular flexibility index (Phi) is 5.68. The fourth-order valence-electron chi connectivity index (χ4n) is 3.24. The van der Waals surface area contributed by atoms with Gasteiger partial charge in [-0.1, -0.05) is 6.07 Å². The van der Waals surface area contributed by atoms with Crippen molar-refractivity contribution in [2.75, 3.05) is 32.1 Å². The summed E-state index contributed by atoms with van der Waals surface area (Å²) in [6.45, 7) is 3.14. The average Bonchev–Trinajstić information content (AvgIpc) is 2.62. The molecule has 1 aliphatic heterocycles. The highest BCUT2D eigenvalue weighted by molar-refractivity contribution is 9.10. The molecule has 1 aromatic heterocycles. The van der Waals surface area contributed by atoms with E-state index >= 15 is 0 Å². The molecule has 128 valence electrons. The van der Waals surface area contributed by atoms with Crippen molar-refractivity contribution in [3.05, 3.63) is 46.8 Å². The average molecular weight is 391 g/mol. The van der Waals surface area contributed by atoms with Crippen molar-refractivity contribution in [3.63, 3.8) is 0 Å². The number of likely N-dealkylation sites (tertiary alicyclic amines) is 1.